The van der Waals surface area contributed by atoms with Gasteiger partial charge in [0, 0.05) is 39.3 Å². The van der Waals surface area contributed by atoms with Crippen LogP contribution in [0.4, 0.5) is 0 Å². The summed E-state index contributed by atoms with van der Waals surface area (Å²) in [5.41, 5.74) is 3.56. The number of esters is 1. The third-order valence-corrected chi connectivity index (χ3v) is 7.89. The molecule has 2 aromatic carbocycles. The van der Waals surface area contributed by atoms with Gasteiger partial charge in [0.15, 0.2) is 12.4 Å². The van der Waals surface area contributed by atoms with Crippen molar-refractivity contribution in [2.45, 2.75) is 16.7 Å². The summed E-state index contributed by atoms with van der Waals surface area (Å²) < 4.78 is 6.48. The number of aromatic nitrogens is 6. The number of hydrogen-bond acceptors (Lipinski definition) is 10. The standard InChI is InChI=1S/C26H18N6O6S2/c33-24(37-25-27-18-5-1-2-6-19(18)28-25)17-10-12-23(32(35)14-17)40-39-22-11-9-16(13-31(22)34)15-36-38-26-29-20-7-3-4-8-21(20)30-26/h1-14H,15H2,(H,27,28)(H,29,30). The van der Waals surface area contributed by atoms with Crippen molar-refractivity contribution < 1.29 is 28.8 Å². The van der Waals surface area contributed by atoms with Crippen molar-refractivity contribution in [3.63, 3.8) is 0 Å². The maximum Gasteiger partial charge on any atom is 0.352 e. The summed E-state index contributed by atoms with van der Waals surface area (Å²) in [5.74, 6) is -0.729. The molecule has 12 nitrogen and oxygen atoms in total. The maximum atomic E-state index is 12.5. The van der Waals surface area contributed by atoms with Crippen LogP contribution in [0.5, 0.6) is 12.0 Å². The largest absolute Gasteiger partial charge is 0.618 e. The lowest BCUT2D eigenvalue weighted by atomic mass is 10.3. The van der Waals surface area contributed by atoms with Crippen molar-refractivity contribution in [2.75, 3.05) is 0 Å². The van der Waals surface area contributed by atoms with Crippen LogP contribution in [0.25, 0.3) is 22.1 Å². The molecule has 6 rings (SSSR count). The van der Waals surface area contributed by atoms with Gasteiger partial charge >= 0.3 is 18.0 Å². The van der Waals surface area contributed by atoms with Crippen molar-refractivity contribution in [3.8, 4) is 12.0 Å². The number of benzene rings is 2. The number of pyridine rings is 2. The van der Waals surface area contributed by atoms with Crippen molar-refractivity contribution in [3.05, 3.63) is 107 Å². The zero-order valence-electron chi connectivity index (χ0n) is 20.3. The molecule has 6 aromatic rings. The van der Waals surface area contributed by atoms with E-state index in [2.05, 4.69) is 19.9 Å². The first-order chi connectivity index (χ1) is 19.5. The first-order valence-corrected chi connectivity index (χ1v) is 13.9. The molecule has 0 saturated carbocycles. The maximum absolute atomic E-state index is 12.5. The fraction of sp³-hybridized carbons (Fsp3) is 0.0385. The van der Waals surface area contributed by atoms with Gasteiger partial charge in [0.2, 0.25) is 0 Å². The Kier molecular flexibility index (Phi) is 7.09. The molecule has 0 fully saturated rings. The number of imidazole rings is 2. The minimum Gasteiger partial charge on any atom is -0.618 e. The Morgan fingerprint density at radius 1 is 0.775 bits per heavy atom. The van der Waals surface area contributed by atoms with Crippen LogP contribution in [0.2, 0.25) is 0 Å². The predicted molar refractivity (Wildman–Crippen MR) is 145 cm³/mol. The Morgan fingerprint density at radius 2 is 1.38 bits per heavy atom. The zero-order chi connectivity index (χ0) is 27.5. The van der Waals surface area contributed by atoms with E-state index in [1.807, 2.05) is 36.4 Å². The predicted octanol–water partition coefficient (Wildman–Crippen LogP) is 4.24. The molecule has 0 bridgehead atoms. The average molecular weight is 575 g/mol. The molecule has 40 heavy (non-hydrogen) atoms. The van der Waals surface area contributed by atoms with Crippen LogP contribution < -0.4 is 19.1 Å². The van der Waals surface area contributed by atoms with Crippen LogP contribution in [-0.4, -0.2) is 25.9 Å². The highest BCUT2D eigenvalue weighted by Crippen LogP contribution is 2.34. The number of para-hydroxylation sites is 4. The number of nitrogens with one attached hydrogen (secondary N) is 2. The number of rotatable bonds is 9. The van der Waals surface area contributed by atoms with Crippen LogP contribution in [0, 0.1) is 10.4 Å². The molecule has 200 valence electrons. The Labute approximate surface area is 233 Å². The van der Waals surface area contributed by atoms with E-state index in [0.717, 1.165) is 44.3 Å². The molecule has 4 heterocycles. The van der Waals surface area contributed by atoms with Gasteiger partial charge < -0.3 is 25.1 Å². The average Bonchev–Trinajstić information content (AvgIpc) is 3.56. The van der Waals surface area contributed by atoms with E-state index >= 15 is 0 Å². The summed E-state index contributed by atoms with van der Waals surface area (Å²) in [6.45, 7) is 0.0174. The summed E-state index contributed by atoms with van der Waals surface area (Å²) in [6, 6.07) is 21.2. The summed E-state index contributed by atoms with van der Waals surface area (Å²) in [5, 5.41) is 25.6. The third-order valence-electron chi connectivity index (χ3n) is 5.56. The highest BCUT2D eigenvalue weighted by atomic mass is 33.1. The number of ether oxygens (including phenoxy) is 1. The van der Waals surface area contributed by atoms with E-state index in [1.165, 1.54) is 18.3 Å². The molecule has 14 heteroatoms. The molecule has 0 atom stereocenters. The number of H-pyrrole nitrogens is 2. The topological polar surface area (TPSA) is 156 Å². The van der Waals surface area contributed by atoms with Crippen molar-refractivity contribution in [2.24, 2.45) is 0 Å². The van der Waals surface area contributed by atoms with Gasteiger partial charge in [-0.3, -0.25) is 4.89 Å². The molecule has 2 N–H and O–H groups in total. The number of aromatic amines is 2. The van der Waals surface area contributed by atoms with E-state index in [9.17, 15) is 15.2 Å². The fourth-order valence-corrected chi connectivity index (χ4v) is 5.60. The quantitative estimate of drug-likeness (QED) is 0.0639. The van der Waals surface area contributed by atoms with Gasteiger partial charge in [-0.15, -0.1) is 0 Å². The minimum absolute atomic E-state index is 0.0174. The molecule has 0 unspecified atom stereocenters. The lowest BCUT2D eigenvalue weighted by molar-refractivity contribution is -0.646. The summed E-state index contributed by atoms with van der Waals surface area (Å²) in [7, 11) is 2.17. The van der Waals surface area contributed by atoms with Gasteiger partial charge in [0.1, 0.15) is 12.2 Å². The second-order valence-corrected chi connectivity index (χ2v) is 10.5. The normalized spacial score (nSPS) is 11.2. The molecule has 0 aliphatic heterocycles. The Balaban J connectivity index is 1.03. The Bertz CT molecular complexity index is 1780. The van der Waals surface area contributed by atoms with Gasteiger partial charge in [0.25, 0.3) is 10.1 Å². The molecule has 0 aliphatic carbocycles. The van der Waals surface area contributed by atoms with Crippen LogP contribution in [0.15, 0.2) is 95.2 Å². The first kappa shape index (κ1) is 25.5. The number of nitrogens with zero attached hydrogens (tertiary/aromatic N) is 4. The lowest BCUT2D eigenvalue weighted by Crippen LogP contribution is -2.31. The fourth-order valence-electron chi connectivity index (χ4n) is 3.64. The number of carbonyl (C=O) groups is 1. The van der Waals surface area contributed by atoms with Crippen LogP contribution in [-0.2, 0) is 11.5 Å². The van der Waals surface area contributed by atoms with Crippen LogP contribution in [0.3, 0.4) is 0 Å². The molecule has 0 amide bonds. The lowest BCUT2D eigenvalue weighted by Gasteiger charge is -2.07. The Morgan fingerprint density at radius 3 is 2.02 bits per heavy atom. The van der Waals surface area contributed by atoms with E-state index in [4.69, 9.17) is 14.5 Å². The molecule has 0 saturated heterocycles. The molecule has 0 spiro atoms. The van der Waals surface area contributed by atoms with Crippen molar-refractivity contribution in [1.82, 2.24) is 19.9 Å². The number of hydrogen-bond donors (Lipinski definition) is 2. The second kappa shape index (κ2) is 11.1. The van der Waals surface area contributed by atoms with E-state index in [1.54, 1.807) is 24.3 Å². The first-order valence-electron chi connectivity index (χ1n) is 11.7. The second-order valence-electron chi connectivity index (χ2n) is 8.30. The van der Waals surface area contributed by atoms with Crippen LogP contribution >= 0.6 is 21.6 Å². The Hall–Kier alpha value is -4.79. The monoisotopic (exact) mass is 574 g/mol. The molecule has 0 radical (unpaired) electrons. The molecular formula is C26H18N6O6S2. The minimum atomic E-state index is -0.729. The number of fused-ring (bicyclic) bond motifs is 2. The third kappa shape index (κ3) is 5.63. The summed E-state index contributed by atoms with van der Waals surface area (Å²) >= 11 is 0. The van der Waals surface area contributed by atoms with Crippen LogP contribution in [0.1, 0.15) is 15.9 Å². The molecule has 0 aliphatic rings. The summed E-state index contributed by atoms with van der Waals surface area (Å²) in [4.78, 5) is 37.2. The van der Waals surface area contributed by atoms with Crippen molar-refractivity contribution >= 4 is 49.6 Å². The van der Waals surface area contributed by atoms with Gasteiger partial charge in [-0.05, 0) is 36.4 Å². The highest BCUT2D eigenvalue weighted by molar-refractivity contribution is 8.76. The molecular weight excluding hydrogens is 556 g/mol. The van der Waals surface area contributed by atoms with Gasteiger partial charge in [-0.25, -0.2) is 4.79 Å². The smallest absolute Gasteiger partial charge is 0.352 e. The van der Waals surface area contributed by atoms with E-state index in [-0.39, 0.29) is 29.2 Å². The van der Waals surface area contributed by atoms with E-state index < -0.39 is 5.97 Å². The van der Waals surface area contributed by atoms with Gasteiger partial charge in [0.05, 0.1) is 22.1 Å². The molecule has 4 aromatic heterocycles. The zero-order valence-corrected chi connectivity index (χ0v) is 22.0. The van der Waals surface area contributed by atoms with Gasteiger partial charge in [-0.1, -0.05) is 24.3 Å². The number of carbonyl (C=O) groups excluding carboxylic acids is 1. The highest BCUT2D eigenvalue weighted by Gasteiger charge is 2.19. The van der Waals surface area contributed by atoms with E-state index in [0.29, 0.717) is 25.6 Å². The summed E-state index contributed by atoms with van der Waals surface area (Å²) in [6.07, 6.45) is 2.47. The SMILES string of the molecule is O=C(Oc1nc2ccccc2[nH]1)c1ccc(SSc2ccc(COOc3nc4ccccc4[nH]3)c[n+]2[O-])[n+]([O-])c1. The van der Waals surface area contributed by atoms with Crippen molar-refractivity contribution in [1.29, 1.82) is 0 Å². The van der Waals surface area contributed by atoms with Gasteiger partial charge in [-0.2, -0.15) is 24.3 Å².